The second-order valence-electron chi connectivity index (χ2n) is 23.1. The van der Waals surface area contributed by atoms with Crippen LogP contribution in [0.4, 0.5) is 0 Å². The zero-order valence-electron chi connectivity index (χ0n) is 51.3. The van der Waals surface area contributed by atoms with Crippen LogP contribution in [0.5, 0.6) is 5.75 Å². The molecule has 4 amide bonds. The molecule has 6 heterocycles. The second-order valence-corrected chi connectivity index (χ2v) is 23.9. The third kappa shape index (κ3) is 13.3. The minimum atomic E-state index is -0.260. The molecule has 5 aliphatic rings. The van der Waals surface area contributed by atoms with E-state index in [9.17, 15) is 24.3 Å². The standard InChI is InChI=1S/C38H37N3O4.C28H28N2O2.C10H8BrNO2/c1-2-31(26-10-4-3-5-11-26)36(28-17-20-34-29(24-28)25-39-41(34)35-14-8-9-22-45-35)27-15-18-30(19-16-27)44-23-21-40-37(42)32-12-6-7-13-33(32)38(40)43;1-2-25(20-8-4-3-5-9-20)28(21-11-14-24(31)15-12-21)22-13-16-26-23(18-22)19-29-30(26)27-10-6-7-17-32-27;11-5-6-12-9(13)7-3-1-2-4-8(7)10(12)14/h3-7,10-13,15,17-20,24-25,27,35H,2,8-9,14,16,21-23H2,1H3;3-5,8-9,11-16,18-19,27,31H,2,6-7,10,17H2,1H3;1-4H,5-6H2/b36-31+;28-25+;. The molecule has 7 aromatic carbocycles. The topological polar surface area (TPSA) is 158 Å². The molecule has 15 heteroatoms. The number of nitrogens with zero attached hydrogens (tertiary/aromatic N) is 6. The van der Waals surface area contributed by atoms with Crippen molar-refractivity contribution < 1.29 is 38.5 Å². The minimum absolute atomic E-state index is 0.00509. The number of halogens is 1. The summed E-state index contributed by atoms with van der Waals surface area (Å²) in [5.74, 6) is 0.278. The summed E-state index contributed by atoms with van der Waals surface area (Å²) in [7, 11) is 0. The molecule has 0 saturated carbocycles. The predicted molar refractivity (Wildman–Crippen MR) is 360 cm³/mol. The third-order valence-corrected chi connectivity index (χ3v) is 17.8. The molecule has 2 aromatic heterocycles. The number of allylic oxidation sites excluding steroid dienone is 6. The molecule has 91 heavy (non-hydrogen) atoms. The van der Waals surface area contributed by atoms with Gasteiger partial charge in [-0.25, -0.2) is 9.36 Å². The Bertz CT molecular complexity index is 4180. The van der Waals surface area contributed by atoms with E-state index in [4.69, 9.17) is 19.3 Å². The van der Waals surface area contributed by atoms with Crippen molar-refractivity contribution in [1.29, 1.82) is 0 Å². The van der Waals surface area contributed by atoms with Crippen molar-refractivity contribution in [3.63, 3.8) is 0 Å². The van der Waals surface area contributed by atoms with Gasteiger partial charge in [0, 0.05) is 41.8 Å². The van der Waals surface area contributed by atoms with E-state index < -0.39 is 0 Å². The normalized spacial score (nSPS) is 18.4. The van der Waals surface area contributed by atoms with E-state index >= 15 is 0 Å². The predicted octanol–water partition coefficient (Wildman–Crippen LogP) is 16.3. The summed E-state index contributed by atoms with van der Waals surface area (Å²) in [6.07, 6.45) is 19.4. The van der Waals surface area contributed by atoms with Gasteiger partial charge in [0.2, 0.25) is 0 Å². The van der Waals surface area contributed by atoms with E-state index in [0.717, 1.165) is 103 Å². The van der Waals surface area contributed by atoms with Crippen LogP contribution in [-0.2, 0) is 14.2 Å². The number of rotatable bonds is 16. The summed E-state index contributed by atoms with van der Waals surface area (Å²) in [6, 6.07) is 55.7. The maximum absolute atomic E-state index is 12.7. The van der Waals surface area contributed by atoms with E-state index in [-0.39, 0.29) is 60.9 Å². The van der Waals surface area contributed by atoms with Gasteiger partial charge in [-0.05, 0) is 181 Å². The van der Waals surface area contributed by atoms with E-state index in [0.29, 0.717) is 34.1 Å². The molecule has 0 bridgehead atoms. The number of carbonyl (C=O) groups is 4. The number of hydrogen-bond donors (Lipinski definition) is 1. The van der Waals surface area contributed by atoms with Crippen LogP contribution >= 0.6 is 15.9 Å². The molecule has 462 valence electrons. The maximum atomic E-state index is 12.7. The van der Waals surface area contributed by atoms with Crippen molar-refractivity contribution in [2.45, 2.75) is 84.1 Å². The number of hydrogen-bond acceptors (Lipinski definition) is 10. The maximum Gasteiger partial charge on any atom is 0.261 e. The number of ether oxygens (including phenoxy) is 3. The molecule has 3 atom stereocenters. The number of aromatic hydroxyl groups is 1. The van der Waals surface area contributed by atoms with Crippen LogP contribution in [0, 0.1) is 5.92 Å². The molecule has 0 spiro atoms. The van der Waals surface area contributed by atoms with E-state index in [1.165, 1.54) is 55.2 Å². The molecule has 0 radical (unpaired) electrons. The zero-order chi connectivity index (χ0) is 62.8. The van der Waals surface area contributed by atoms with Crippen LogP contribution in [-0.4, -0.2) is 96.3 Å². The van der Waals surface area contributed by atoms with Gasteiger partial charge in [0.1, 0.15) is 18.1 Å². The first-order chi connectivity index (χ1) is 44.6. The lowest BCUT2D eigenvalue weighted by atomic mass is 9.81. The fourth-order valence-corrected chi connectivity index (χ4v) is 13.3. The Balaban J connectivity index is 0.000000150. The average Bonchev–Trinajstić information content (AvgIpc) is 1.89. The van der Waals surface area contributed by atoms with Crippen molar-refractivity contribution in [1.82, 2.24) is 29.4 Å². The van der Waals surface area contributed by atoms with Crippen LogP contribution in [0.15, 0.2) is 206 Å². The smallest absolute Gasteiger partial charge is 0.261 e. The number of amides is 4. The van der Waals surface area contributed by atoms with Gasteiger partial charge in [-0.3, -0.25) is 29.0 Å². The second kappa shape index (κ2) is 28.7. The van der Waals surface area contributed by atoms with Crippen molar-refractivity contribution in [3.8, 4) is 5.75 Å². The van der Waals surface area contributed by atoms with Crippen LogP contribution in [0.1, 0.15) is 153 Å². The number of imide groups is 2. The molecule has 1 aliphatic carbocycles. The number of carbonyl (C=O) groups excluding carboxylic acids is 4. The summed E-state index contributed by atoms with van der Waals surface area (Å²) in [5.41, 5.74) is 15.1. The highest BCUT2D eigenvalue weighted by Crippen LogP contribution is 2.41. The Morgan fingerprint density at radius 2 is 1.02 bits per heavy atom. The molecule has 2 fully saturated rings. The average molecular weight is 1280 g/mol. The van der Waals surface area contributed by atoms with Gasteiger partial charge in [0.05, 0.1) is 52.2 Å². The highest BCUT2D eigenvalue weighted by molar-refractivity contribution is 9.09. The number of aromatic nitrogens is 4. The number of phenols is 1. The lowest BCUT2D eigenvalue weighted by molar-refractivity contribution is -0.0367. The van der Waals surface area contributed by atoms with E-state index in [1.807, 2.05) is 46.0 Å². The largest absolute Gasteiger partial charge is 0.508 e. The molecule has 2 saturated heterocycles. The molecule has 3 unspecified atom stereocenters. The quantitative estimate of drug-likeness (QED) is 0.0561. The number of alkyl halides is 1. The molecule has 14 rings (SSSR count). The van der Waals surface area contributed by atoms with Crippen LogP contribution in [0.2, 0.25) is 0 Å². The van der Waals surface area contributed by atoms with E-state index in [2.05, 4.69) is 138 Å². The van der Waals surface area contributed by atoms with Gasteiger partial charge < -0.3 is 19.3 Å². The monoisotopic (exact) mass is 1280 g/mol. The van der Waals surface area contributed by atoms with Crippen LogP contribution in [0.3, 0.4) is 0 Å². The van der Waals surface area contributed by atoms with Gasteiger partial charge >= 0.3 is 0 Å². The molecule has 4 aliphatic heterocycles. The van der Waals surface area contributed by atoms with Crippen LogP contribution < -0.4 is 0 Å². The van der Waals surface area contributed by atoms with Gasteiger partial charge in [0.15, 0.2) is 12.5 Å². The van der Waals surface area contributed by atoms with Gasteiger partial charge in [-0.1, -0.05) is 145 Å². The number of benzene rings is 7. The molecular weight excluding hydrogens is 1200 g/mol. The summed E-state index contributed by atoms with van der Waals surface area (Å²) >= 11 is 3.21. The van der Waals surface area contributed by atoms with Crippen molar-refractivity contribution >= 4 is 83.7 Å². The molecule has 14 nitrogen and oxygen atoms in total. The Hall–Kier alpha value is -9.28. The summed E-state index contributed by atoms with van der Waals surface area (Å²) in [5, 5.41) is 22.1. The van der Waals surface area contributed by atoms with Gasteiger partial charge in [-0.15, -0.1) is 0 Å². The Labute approximate surface area is 538 Å². The van der Waals surface area contributed by atoms with Crippen molar-refractivity contribution in [2.75, 3.05) is 38.2 Å². The third-order valence-electron chi connectivity index (χ3n) is 17.5. The first-order valence-corrected chi connectivity index (χ1v) is 32.8. The Morgan fingerprint density at radius 1 is 0.549 bits per heavy atom. The zero-order valence-corrected chi connectivity index (χ0v) is 52.8. The lowest BCUT2D eigenvalue weighted by Crippen LogP contribution is -2.33. The fourth-order valence-electron chi connectivity index (χ4n) is 13.0. The van der Waals surface area contributed by atoms with Crippen LogP contribution in [0.25, 0.3) is 44.1 Å². The molecular formula is C76H73BrN6O8. The number of fused-ring (bicyclic) bond motifs is 4. The first-order valence-electron chi connectivity index (χ1n) is 31.6. The highest BCUT2D eigenvalue weighted by Gasteiger charge is 2.36. The van der Waals surface area contributed by atoms with Crippen molar-refractivity contribution in [2.24, 2.45) is 5.92 Å². The van der Waals surface area contributed by atoms with E-state index in [1.54, 1.807) is 60.7 Å². The fraction of sp³-hybridized carbons (Fsp3) is 0.263. The van der Waals surface area contributed by atoms with Crippen molar-refractivity contribution in [3.05, 3.63) is 256 Å². The summed E-state index contributed by atoms with van der Waals surface area (Å²) < 4.78 is 22.1. The Kier molecular flexibility index (Phi) is 19.5. The molecule has 9 aromatic rings. The first kappa shape index (κ1) is 61.9. The van der Waals surface area contributed by atoms with Gasteiger partial charge in [0.25, 0.3) is 23.6 Å². The Morgan fingerprint density at radius 3 is 1.49 bits per heavy atom. The summed E-state index contributed by atoms with van der Waals surface area (Å²) in [6.45, 7) is 6.87. The number of phenolic OH excluding ortho intramolecular Hbond substituents is 1. The highest BCUT2D eigenvalue weighted by atomic mass is 79.9. The SMILES string of the molecule is CC/C(=C(/c1ccc(O)cc1)c1ccc2c(cnn2C2CCCCO2)c1)c1ccccc1.CC/C(=C(\c1ccc2c(cnn2C2CCCCO2)c1)C1C=CC(OCCN2C(=O)c3ccccc3C2=O)=CC1)c1ccccc1.O=C1c2ccccc2C(=O)N1CCBr. The minimum Gasteiger partial charge on any atom is -0.508 e. The lowest BCUT2D eigenvalue weighted by Gasteiger charge is -2.25. The summed E-state index contributed by atoms with van der Waals surface area (Å²) in [4.78, 5) is 51.3. The van der Waals surface area contributed by atoms with Gasteiger partial charge in [-0.2, -0.15) is 10.2 Å². The molecule has 1 N–H and O–H groups in total.